The molecular formula is C19H28N2O3. The van der Waals surface area contributed by atoms with Gasteiger partial charge in [-0.3, -0.25) is 14.6 Å². The number of hydrogen-bond donors (Lipinski definition) is 2. The Morgan fingerprint density at radius 1 is 1.17 bits per heavy atom. The smallest absolute Gasteiger partial charge is 0.310 e. The molecule has 0 aromatic carbocycles. The summed E-state index contributed by atoms with van der Waals surface area (Å²) >= 11 is 0. The van der Waals surface area contributed by atoms with Gasteiger partial charge in [-0.05, 0) is 36.5 Å². The number of pyridine rings is 1. The van der Waals surface area contributed by atoms with Gasteiger partial charge in [0.25, 0.3) is 0 Å². The number of rotatable bonds is 6. The number of aliphatic carboxylic acids is 1. The van der Waals surface area contributed by atoms with E-state index >= 15 is 0 Å². The Balaban J connectivity index is 2.10. The molecule has 0 unspecified atom stereocenters. The molecule has 1 heterocycles. The van der Waals surface area contributed by atoms with E-state index in [-0.39, 0.29) is 24.3 Å². The van der Waals surface area contributed by atoms with Crippen molar-refractivity contribution >= 4 is 11.9 Å². The van der Waals surface area contributed by atoms with Gasteiger partial charge < -0.3 is 10.4 Å². The zero-order valence-electron chi connectivity index (χ0n) is 14.6. The molecular weight excluding hydrogens is 304 g/mol. The normalized spacial score (nSPS) is 18.6. The zero-order chi connectivity index (χ0) is 17.6. The molecule has 1 aromatic heterocycles. The minimum atomic E-state index is -0.902. The summed E-state index contributed by atoms with van der Waals surface area (Å²) in [5.74, 6) is -0.786. The third kappa shape index (κ3) is 4.56. The molecule has 1 amide bonds. The van der Waals surface area contributed by atoms with Crippen LogP contribution in [0.1, 0.15) is 70.4 Å². The molecule has 2 N–H and O–H groups in total. The van der Waals surface area contributed by atoms with E-state index in [1.54, 1.807) is 12.4 Å². The number of carbonyl (C=O) groups is 2. The number of aromatic nitrogens is 1. The van der Waals surface area contributed by atoms with Gasteiger partial charge >= 0.3 is 5.97 Å². The van der Waals surface area contributed by atoms with Crippen molar-refractivity contribution in [2.45, 2.75) is 64.8 Å². The number of carboxylic acids is 1. The van der Waals surface area contributed by atoms with Crippen LogP contribution < -0.4 is 5.32 Å². The van der Waals surface area contributed by atoms with Gasteiger partial charge in [-0.25, -0.2) is 0 Å². The number of nitrogens with one attached hydrogen (secondary N) is 1. The lowest BCUT2D eigenvalue weighted by Crippen LogP contribution is -2.39. The molecule has 132 valence electrons. The van der Waals surface area contributed by atoms with E-state index in [1.807, 2.05) is 26.0 Å². The van der Waals surface area contributed by atoms with Crippen molar-refractivity contribution in [3.63, 3.8) is 0 Å². The molecule has 0 radical (unpaired) electrons. The third-order valence-corrected chi connectivity index (χ3v) is 5.06. The fraction of sp³-hybridized carbons (Fsp3) is 0.632. The van der Waals surface area contributed by atoms with Gasteiger partial charge in [0.05, 0.1) is 11.5 Å². The van der Waals surface area contributed by atoms with Crippen molar-refractivity contribution in [2.24, 2.45) is 11.3 Å². The Morgan fingerprint density at radius 3 is 2.25 bits per heavy atom. The number of hydrogen-bond acceptors (Lipinski definition) is 3. The van der Waals surface area contributed by atoms with Crippen molar-refractivity contribution in [2.75, 3.05) is 0 Å². The van der Waals surface area contributed by atoms with Crippen LogP contribution in [-0.4, -0.2) is 22.0 Å². The maximum atomic E-state index is 12.6. The molecule has 1 aliphatic carbocycles. The van der Waals surface area contributed by atoms with E-state index in [2.05, 4.69) is 10.3 Å². The van der Waals surface area contributed by atoms with E-state index in [0.29, 0.717) is 12.8 Å². The van der Waals surface area contributed by atoms with E-state index in [9.17, 15) is 14.7 Å². The minimum Gasteiger partial charge on any atom is -0.481 e. The first-order valence-corrected chi connectivity index (χ1v) is 8.87. The predicted molar refractivity (Wildman–Crippen MR) is 92.3 cm³/mol. The largest absolute Gasteiger partial charge is 0.481 e. The second-order valence-corrected chi connectivity index (χ2v) is 7.25. The quantitative estimate of drug-likeness (QED) is 0.778. The molecule has 0 aliphatic heterocycles. The lowest BCUT2D eigenvalue weighted by molar-refractivity contribution is -0.153. The molecule has 2 rings (SSSR count). The SMILES string of the molecule is CC(C)[C@@H](NC(=O)CC1(C(=O)O)CCCCCC1)c1ccncc1. The topological polar surface area (TPSA) is 79.3 Å². The molecule has 1 fully saturated rings. The average molecular weight is 332 g/mol. The summed E-state index contributed by atoms with van der Waals surface area (Å²) in [5, 5.41) is 12.8. The van der Waals surface area contributed by atoms with Crippen LogP contribution in [0.5, 0.6) is 0 Å². The summed E-state index contributed by atoms with van der Waals surface area (Å²) in [5.41, 5.74) is 0.0963. The highest BCUT2D eigenvalue weighted by atomic mass is 16.4. The van der Waals surface area contributed by atoms with Gasteiger partial charge in [-0.2, -0.15) is 0 Å². The van der Waals surface area contributed by atoms with Crippen LogP contribution in [0.25, 0.3) is 0 Å². The van der Waals surface area contributed by atoms with Gasteiger partial charge in [0.2, 0.25) is 5.91 Å². The molecule has 1 aliphatic rings. The summed E-state index contributed by atoms with van der Waals surface area (Å²) in [7, 11) is 0. The zero-order valence-corrected chi connectivity index (χ0v) is 14.6. The molecule has 1 atom stereocenters. The maximum Gasteiger partial charge on any atom is 0.310 e. The van der Waals surface area contributed by atoms with Crippen molar-refractivity contribution in [3.05, 3.63) is 30.1 Å². The van der Waals surface area contributed by atoms with Crippen LogP contribution in [-0.2, 0) is 9.59 Å². The lowest BCUT2D eigenvalue weighted by Gasteiger charge is -2.29. The Hall–Kier alpha value is -1.91. The third-order valence-electron chi connectivity index (χ3n) is 5.06. The summed E-state index contributed by atoms with van der Waals surface area (Å²) in [6, 6.07) is 3.66. The molecule has 5 nitrogen and oxygen atoms in total. The molecule has 0 bridgehead atoms. The molecule has 0 saturated heterocycles. The van der Waals surface area contributed by atoms with E-state index in [1.165, 1.54) is 0 Å². The molecule has 1 aromatic rings. The van der Waals surface area contributed by atoms with Gasteiger partial charge in [-0.1, -0.05) is 39.5 Å². The molecule has 24 heavy (non-hydrogen) atoms. The summed E-state index contributed by atoms with van der Waals surface area (Å²) < 4.78 is 0. The van der Waals surface area contributed by atoms with E-state index in [0.717, 1.165) is 31.2 Å². The van der Waals surface area contributed by atoms with E-state index < -0.39 is 11.4 Å². The van der Waals surface area contributed by atoms with Crippen LogP contribution in [0.15, 0.2) is 24.5 Å². The van der Waals surface area contributed by atoms with Gasteiger partial charge in [0.15, 0.2) is 0 Å². The van der Waals surface area contributed by atoms with Crippen LogP contribution in [0.4, 0.5) is 0 Å². The average Bonchev–Trinajstić information content (AvgIpc) is 2.79. The number of carboxylic acid groups (broad SMARTS) is 1. The minimum absolute atomic E-state index is 0.0661. The lowest BCUT2D eigenvalue weighted by atomic mass is 9.77. The second kappa shape index (κ2) is 8.27. The van der Waals surface area contributed by atoms with Crippen molar-refractivity contribution in [1.82, 2.24) is 10.3 Å². The van der Waals surface area contributed by atoms with Gasteiger partial charge in [-0.15, -0.1) is 0 Å². The summed E-state index contributed by atoms with van der Waals surface area (Å²) in [6.07, 6.45) is 8.56. The van der Waals surface area contributed by atoms with Crippen molar-refractivity contribution in [3.8, 4) is 0 Å². The second-order valence-electron chi connectivity index (χ2n) is 7.25. The molecule has 5 heteroatoms. The monoisotopic (exact) mass is 332 g/mol. The Kier molecular flexibility index (Phi) is 6.35. The van der Waals surface area contributed by atoms with E-state index in [4.69, 9.17) is 0 Å². The number of nitrogens with zero attached hydrogens (tertiary/aromatic N) is 1. The van der Waals surface area contributed by atoms with Gasteiger partial charge in [0.1, 0.15) is 0 Å². The molecule has 0 spiro atoms. The van der Waals surface area contributed by atoms with Crippen molar-refractivity contribution < 1.29 is 14.7 Å². The highest BCUT2D eigenvalue weighted by Crippen LogP contribution is 2.38. The maximum absolute atomic E-state index is 12.6. The van der Waals surface area contributed by atoms with Gasteiger partial charge in [0, 0.05) is 18.8 Å². The summed E-state index contributed by atoms with van der Waals surface area (Å²) in [4.78, 5) is 28.5. The molecule has 1 saturated carbocycles. The first-order valence-electron chi connectivity index (χ1n) is 8.87. The Morgan fingerprint density at radius 2 is 1.75 bits per heavy atom. The van der Waals surface area contributed by atoms with Crippen molar-refractivity contribution in [1.29, 1.82) is 0 Å². The fourth-order valence-electron chi connectivity index (χ4n) is 3.61. The predicted octanol–water partition coefficient (Wildman–Crippen LogP) is 3.71. The van der Waals surface area contributed by atoms with Crippen LogP contribution in [0.3, 0.4) is 0 Å². The first kappa shape index (κ1) is 18.4. The highest BCUT2D eigenvalue weighted by molar-refractivity contribution is 5.85. The first-order chi connectivity index (χ1) is 11.4. The van der Waals surface area contributed by atoms with Crippen LogP contribution >= 0.6 is 0 Å². The highest BCUT2D eigenvalue weighted by Gasteiger charge is 2.41. The number of amides is 1. The summed E-state index contributed by atoms with van der Waals surface area (Å²) in [6.45, 7) is 4.09. The standard InChI is InChI=1S/C19H28N2O3/c1-14(2)17(15-7-11-20-12-8-15)21-16(22)13-19(18(23)24)9-5-3-4-6-10-19/h7-8,11-12,14,17H,3-6,9-10,13H2,1-2H3,(H,21,22)(H,23,24)/t17-/m1/s1. The Labute approximate surface area is 143 Å². The fourth-order valence-corrected chi connectivity index (χ4v) is 3.61. The Bertz CT molecular complexity index is 549. The van der Waals surface area contributed by atoms with Crippen LogP contribution in [0, 0.1) is 11.3 Å². The number of carbonyl (C=O) groups excluding carboxylic acids is 1. The van der Waals surface area contributed by atoms with Crippen LogP contribution in [0.2, 0.25) is 0 Å².